The van der Waals surface area contributed by atoms with Gasteiger partial charge in [0.2, 0.25) is 0 Å². The summed E-state index contributed by atoms with van der Waals surface area (Å²) in [6.07, 6.45) is 0.206. The van der Waals surface area contributed by atoms with Crippen LogP contribution in [0.4, 0.5) is 5.69 Å². The highest BCUT2D eigenvalue weighted by atomic mass is 16.6. The number of nitrogens with one attached hydrogen (secondary N) is 1. The second-order valence-electron chi connectivity index (χ2n) is 4.70. The van der Waals surface area contributed by atoms with Crippen molar-refractivity contribution in [3.8, 4) is 0 Å². The van der Waals surface area contributed by atoms with Crippen LogP contribution in [-0.4, -0.2) is 24.9 Å². The van der Waals surface area contributed by atoms with Crippen molar-refractivity contribution >= 4 is 28.2 Å². The Labute approximate surface area is 127 Å². The first-order chi connectivity index (χ1) is 10.7. The summed E-state index contributed by atoms with van der Waals surface area (Å²) < 4.78 is 0. The zero-order valence-electron chi connectivity index (χ0n) is 11.9. The number of anilines is 1. The number of benzene rings is 2. The molecule has 2 aromatic rings. The molecule has 0 aromatic heterocycles. The van der Waals surface area contributed by atoms with Gasteiger partial charge >= 0.3 is 0 Å². The largest absolute Gasteiger partial charge is 0.323 e. The molecule has 1 amide bonds. The first-order valence-electron chi connectivity index (χ1n) is 6.61. The number of ketones is 1. The lowest BCUT2D eigenvalue weighted by Gasteiger charge is -2.11. The minimum absolute atomic E-state index is 0.124. The van der Waals surface area contributed by atoms with Crippen molar-refractivity contribution in [3.05, 3.63) is 42.0 Å². The van der Waals surface area contributed by atoms with Crippen LogP contribution in [0.15, 0.2) is 36.4 Å². The number of carbonyl (C=O) groups excluding carboxylic acids is 2. The van der Waals surface area contributed by atoms with Crippen molar-refractivity contribution in [3.63, 3.8) is 0 Å². The molecule has 0 aliphatic rings. The van der Waals surface area contributed by atoms with Gasteiger partial charge in [0.15, 0.2) is 5.78 Å². The zero-order valence-corrected chi connectivity index (χ0v) is 11.9. The van der Waals surface area contributed by atoms with Gasteiger partial charge in [-0.3, -0.25) is 19.3 Å². The third-order valence-corrected chi connectivity index (χ3v) is 3.13. The van der Waals surface area contributed by atoms with Gasteiger partial charge in [-0.25, -0.2) is 11.8 Å². The molecule has 0 saturated carbocycles. The quantitative estimate of drug-likeness (QED) is 0.647. The minimum Gasteiger partial charge on any atom is -0.323 e. The number of nitrogens with two attached hydrogens (primary N) is 2. The first-order valence-corrected chi connectivity index (χ1v) is 6.61. The molecule has 0 aliphatic heterocycles. The molecule has 5 N–H and O–H groups in total. The topological polar surface area (TPSA) is 117 Å². The fourth-order valence-electron chi connectivity index (χ4n) is 2.26. The number of hydrogen-bond donors (Lipinski definition) is 3. The third-order valence-electron chi connectivity index (χ3n) is 3.13. The van der Waals surface area contributed by atoms with Gasteiger partial charge in [-0.2, -0.15) is 0 Å². The lowest BCUT2D eigenvalue weighted by molar-refractivity contribution is -0.123. The molecular formula is C15H17N3O4. The van der Waals surface area contributed by atoms with Crippen molar-refractivity contribution in [2.24, 2.45) is 11.8 Å². The highest BCUT2D eigenvalue weighted by Crippen LogP contribution is 2.26. The molecular weight excluding hydrogens is 286 g/mol. The standard InChI is InChI=1S/C15H17N3O4/c16-21-8-11(19)7-10-3-1-5-13-12(10)4-2-6-14(13)18-15(20)9-22-17/h1-6H,7-9,16-17H2,(H,18,20). The number of amides is 1. The summed E-state index contributed by atoms with van der Waals surface area (Å²) in [5, 5.41) is 4.42. The smallest absolute Gasteiger partial charge is 0.252 e. The summed E-state index contributed by atoms with van der Waals surface area (Å²) >= 11 is 0. The maximum atomic E-state index is 11.7. The molecule has 0 aliphatic carbocycles. The molecule has 7 heteroatoms. The number of Topliss-reactive ketones (excluding diaryl/α,β-unsaturated/α-hetero) is 1. The van der Waals surface area contributed by atoms with Crippen molar-refractivity contribution in [2.45, 2.75) is 6.42 Å². The summed E-state index contributed by atoms with van der Waals surface area (Å²) in [6, 6.07) is 11.0. The molecule has 0 unspecified atom stereocenters. The van der Waals surface area contributed by atoms with Crippen molar-refractivity contribution in [1.82, 2.24) is 0 Å². The molecule has 0 atom stereocenters. The lowest BCUT2D eigenvalue weighted by atomic mass is 9.99. The van der Waals surface area contributed by atoms with Crippen LogP contribution in [0.3, 0.4) is 0 Å². The Morgan fingerprint density at radius 2 is 1.64 bits per heavy atom. The molecule has 0 bridgehead atoms. The van der Waals surface area contributed by atoms with Gasteiger partial charge in [-0.15, -0.1) is 0 Å². The monoisotopic (exact) mass is 303 g/mol. The van der Waals surface area contributed by atoms with Crippen LogP contribution >= 0.6 is 0 Å². The molecule has 116 valence electrons. The molecule has 7 nitrogen and oxygen atoms in total. The maximum Gasteiger partial charge on any atom is 0.252 e. The fraction of sp³-hybridized carbons (Fsp3) is 0.200. The Morgan fingerprint density at radius 1 is 0.955 bits per heavy atom. The van der Waals surface area contributed by atoms with Crippen LogP contribution in [0.5, 0.6) is 0 Å². The van der Waals surface area contributed by atoms with Crippen molar-refractivity contribution in [1.29, 1.82) is 0 Å². The van der Waals surface area contributed by atoms with Gasteiger partial charge in [0.1, 0.15) is 13.2 Å². The number of rotatable bonds is 7. The average molecular weight is 303 g/mol. The lowest BCUT2D eigenvalue weighted by Crippen LogP contribution is -2.20. The third kappa shape index (κ3) is 3.86. The molecule has 0 spiro atoms. The maximum absolute atomic E-state index is 11.7. The summed E-state index contributed by atoms with van der Waals surface area (Å²) in [4.78, 5) is 32.0. The molecule has 2 rings (SSSR count). The SMILES string of the molecule is NOCC(=O)Cc1cccc2c(NC(=O)CON)cccc12. The highest BCUT2D eigenvalue weighted by molar-refractivity contribution is 6.04. The van der Waals surface area contributed by atoms with Crippen LogP contribution in [-0.2, 0) is 25.7 Å². The Hall–Kier alpha value is -2.32. The van der Waals surface area contributed by atoms with E-state index in [1.54, 1.807) is 12.1 Å². The van der Waals surface area contributed by atoms with E-state index in [1.807, 2.05) is 24.3 Å². The Morgan fingerprint density at radius 3 is 2.36 bits per heavy atom. The molecule has 22 heavy (non-hydrogen) atoms. The van der Waals surface area contributed by atoms with Gasteiger partial charge in [0.25, 0.3) is 5.91 Å². The van der Waals surface area contributed by atoms with Gasteiger partial charge < -0.3 is 5.32 Å². The van der Waals surface area contributed by atoms with Crippen LogP contribution in [0, 0.1) is 0 Å². The van der Waals surface area contributed by atoms with Crippen LogP contribution in [0.2, 0.25) is 0 Å². The van der Waals surface area contributed by atoms with E-state index in [0.29, 0.717) is 5.69 Å². The average Bonchev–Trinajstić information content (AvgIpc) is 2.48. The van der Waals surface area contributed by atoms with Crippen LogP contribution in [0.25, 0.3) is 10.8 Å². The number of hydrogen-bond acceptors (Lipinski definition) is 6. The van der Waals surface area contributed by atoms with Gasteiger partial charge in [0.05, 0.1) is 0 Å². The zero-order chi connectivity index (χ0) is 15.9. The van der Waals surface area contributed by atoms with Gasteiger partial charge in [-0.1, -0.05) is 30.3 Å². The van der Waals surface area contributed by atoms with E-state index in [9.17, 15) is 9.59 Å². The highest BCUT2D eigenvalue weighted by Gasteiger charge is 2.10. The Bertz CT molecular complexity index is 628. The van der Waals surface area contributed by atoms with E-state index in [0.717, 1.165) is 16.3 Å². The van der Waals surface area contributed by atoms with E-state index < -0.39 is 0 Å². The number of carbonyl (C=O) groups is 2. The van der Waals surface area contributed by atoms with Crippen LogP contribution in [0.1, 0.15) is 5.56 Å². The molecule has 0 saturated heterocycles. The minimum atomic E-state index is -0.354. The first kappa shape index (κ1) is 16.1. The van der Waals surface area contributed by atoms with E-state index in [2.05, 4.69) is 15.0 Å². The fourth-order valence-corrected chi connectivity index (χ4v) is 2.26. The van der Waals surface area contributed by atoms with Crippen molar-refractivity contribution in [2.75, 3.05) is 18.5 Å². The summed E-state index contributed by atoms with van der Waals surface area (Å²) in [5.41, 5.74) is 1.47. The molecule has 2 aromatic carbocycles. The predicted molar refractivity (Wildman–Crippen MR) is 81.6 cm³/mol. The van der Waals surface area contributed by atoms with Crippen LogP contribution < -0.4 is 17.1 Å². The number of fused-ring (bicyclic) bond motifs is 1. The van der Waals surface area contributed by atoms with Gasteiger partial charge in [0, 0.05) is 17.5 Å². The van der Waals surface area contributed by atoms with Gasteiger partial charge in [-0.05, 0) is 17.0 Å². The summed E-state index contributed by atoms with van der Waals surface area (Å²) in [7, 11) is 0. The Balaban J connectivity index is 2.33. The second kappa shape index (κ2) is 7.62. The molecule has 0 radical (unpaired) electrons. The predicted octanol–water partition coefficient (Wildman–Crippen LogP) is 0.671. The summed E-state index contributed by atoms with van der Waals surface area (Å²) in [5.74, 6) is 9.32. The van der Waals surface area contributed by atoms with E-state index >= 15 is 0 Å². The molecule has 0 heterocycles. The van der Waals surface area contributed by atoms with E-state index in [1.165, 1.54) is 0 Å². The van der Waals surface area contributed by atoms with E-state index in [-0.39, 0.29) is 31.3 Å². The second-order valence-corrected chi connectivity index (χ2v) is 4.70. The summed E-state index contributed by atoms with van der Waals surface area (Å²) in [6.45, 7) is -0.372. The van der Waals surface area contributed by atoms with E-state index in [4.69, 9.17) is 11.8 Å². The molecule has 0 fully saturated rings. The Kier molecular flexibility index (Phi) is 5.56. The van der Waals surface area contributed by atoms with Crippen molar-refractivity contribution < 1.29 is 19.3 Å². The normalized spacial score (nSPS) is 10.6.